The SMILES string of the molecule is C1CCNC1.CCOC(=O)N1CCc2cc(N3CCCC3)ccc2C1. The first-order valence-electron chi connectivity index (χ1n) is 9.77. The molecule has 1 amide bonds. The van der Waals surface area contributed by atoms with Crippen LogP contribution in [0.4, 0.5) is 10.5 Å². The Morgan fingerprint density at radius 1 is 1.08 bits per heavy atom. The van der Waals surface area contributed by atoms with Crippen LogP contribution in [0.1, 0.15) is 43.7 Å². The van der Waals surface area contributed by atoms with Crippen molar-refractivity contribution in [1.82, 2.24) is 10.2 Å². The molecular weight excluding hydrogens is 314 g/mol. The van der Waals surface area contributed by atoms with Crippen LogP contribution in [-0.2, 0) is 17.7 Å². The molecule has 0 aliphatic carbocycles. The minimum Gasteiger partial charge on any atom is -0.450 e. The van der Waals surface area contributed by atoms with Crippen molar-refractivity contribution in [3.63, 3.8) is 0 Å². The van der Waals surface area contributed by atoms with E-state index in [9.17, 15) is 4.79 Å². The molecular formula is C20H31N3O2. The van der Waals surface area contributed by atoms with E-state index in [1.807, 2.05) is 6.92 Å². The average molecular weight is 345 g/mol. The lowest BCUT2D eigenvalue weighted by Gasteiger charge is -2.29. The first-order valence-corrected chi connectivity index (χ1v) is 9.77. The quantitative estimate of drug-likeness (QED) is 0.894. The summed E-state index contributed by atoms with van der Waals surface area (Å²) < 4.78 is 5.08. The number of ether oxygens (including phenoxy) is 1. The van der Waals surface area contributed by atoms with Crippen LogP contribution in [0.15, 0.2) is 18.2 Å². The van der Waals surface area contributed by atoms with Gasteiger partial charge in [-0.15, -0.1) is 0 Å². The fourth-order valence-electron chi connectivity index (χ4n) is 3.71. The number of anilines is 1. The number of nitrogens with zero attached hydrogens (tertiary/aromatic N) is 2. The molecule has 0 saturated carbocycles. The zero-order chi connectivity index (χ0) is 17.5. The summed E-state index contributed by atoms with van der Waals surface area (Å²) in [6, 6.07) is 6.68. The van der Waals surface area contributed by atoms with E-state index in [-0.39, 0.29) is 6.09 Å². The third kappa shape index (κ3) is 4.88. The van der Waals surface area contributed by atoms with E-state index in [4.69, 9.17) is 4.74 Å². The maximum absolute atomic E-state index is 11.8. The number of amides is 1. The van der Waals surface area contributed by atoms with Crippen LogP contribution in [0.5, 0.6) is 0 Å². The molecule has 0 radical (unpaired) electrons. The van der Waals surface area contributed by atoms with Crippen LogP contribution in [-0.4, -0.2) is 50.3 Å². The Balaban J connectivity index is 0.000000314. The van der Waals surface area contributed by atoms with Gasteiger partial charge in [-0.1, -0.05) is 6.07 Å². The van der Waals surface area contributed by atoms with E-state index in [2.05, 4.69) is 28.4 Å². The highest BCUT2D eigenvalue weighted by molar-refractivity contribution is 5.68. The van der Waals surface area contributed by atoms with E-state index in [1.54, 1.807) is 4.90 Å². The minimum absolute atomic E-state index is 0.193. The highest BCUT2D eigenvalue weighted by atomic mass is 16.6. The number of benzene rings is 1. The number of hydrogen-bond donors (Lipinski definition) is 1. The fourth-order valence-corrected chi connectivity index (χ4v) is 3.71. The van der Waals surface area contributed by atoms with Crippen molar-refractivity contribution in [2.24, 2.45) is 0 Å². The Morgan fingerprint density at radius 3 is 2.48 bits per heavy atom. The number of carbonyl (C=O) groups is 1. The molecule has 1 aromatic rings. The van der Waals surface area contributed by atoms with E-state index in [1.165, 1.54) is 68.7 Å². The van der Waals surface area contributed by atoms with Crippen LogP contribution in [0.25, 0.3) is 0 Å². The molecule has 0 bridgehead atoms. The predicted molar refractivity (Wildman–Crippen MR) is 101 cm³/mol. The molecule has 0 atom stereocenters. The van der Waals surface area contributed by atoms with Gasteiger partial charge in [0.2, 0.25) is 0 Å². The number of hydrogen-bond acceptors (Lipinski definition) is 4. The molecule has 5 nitrogen and oxygen atoms in total. The molecule has 4 rings (SSSR count). The zero-order valence-corrected chi connectivity index (χ0v) is 15.4. The Bertz CT molecular complexity index is 558. The van der Waals surface area contributed by atoms with Crippen molar-refractivity contribution in [2.75, 3.05) is 44.2 Å². The molecule has 3 aliphatic rings. The number of carbonyl (C=O) groups excluding carboxylic acids is 1. The van der Waals surface area contributed by atoms with Gasteiger partial charge in [0.15, 0.2) is 0 Å². The third-order valence-electron chi connectivity index (χ3n) is 5.16. The van der Waals surface area contributed by atoms with Crippen LogP contribution in [0.2, 0.25) is 0 Å². The second-order valence-corrected chi connectivity index (χ2v) is 6.97. The van der Waals surface area contributed by atoms with Gasteiger partial charge in [-0.2, -0.15) is 0 Å². The number of fused-ring (bicyclic) bond motifs is 1. The van der Waals surface area contributed by atoms with Crippen molar-refractivity contribution >= 4 is 11.8 Å². The average Bonchev–Trinajstić information content (AvgIpc) is 3.37. The molecule has 0 aromatic heterocycles. The Kier molecular flexibility index (Phi) is 6.56. The monoisotopic (exact) mass is 345 g/mol. The van der Waals surface area contributed by atoms with Gasteiger partial charge in [0.05, 0.1) is 6.61 Å². The van der Waals surface area contributed by atoms with Crippen molar-refractivity contribution < 1.29 is 9.53 Å². The molecule has 5 heteroatoms. The maximum Gasteiger partial charge on any atom is 0.410 e. The lowest BCUT2D eigenvalue weighted by molar-refractivity contribution is 0.102. The van der Waals surface area contributed by atoms with Crippen molar-refractivity contribution in [2.45, 2.75) is 45.6 Å². The summed E-state index contributed by atoms with van der Waals surface area (Å²) in [5.41, 5.74) is 3.98. The van der Waals surface area contributed by atoms with Crippen LogP contribution in [0, 0.1) is 0 Å². The zero-order valence-electron chi connectivity index (χ0n) is 15.4. The maximum atomic E-state index is 11.8. The van der Waals surface area contributed by atoms with Gasteiger partial charge in [0.25, 0.3) is 0 Å². The highest BCUT2D eigenvalue weighted by Gasteiger charge is 2.22. The van der Waals surface area contributed by atoms with Crippen molar-refractivity contribution in [3.05, 3.63) is 29.3 Å². The molecule has 0 spiro atoms. The van der Waals surface area contributed by atoms with E-state index in [0.29, 0.717) is 13.2 Å². The van der Waals surface area contributed by atoms with Crippen molar-refractivity contribution in [1.29, 1.82) is 0 Å². The number of rotatable bonds is 2. The first kappa shape index (κ1) is 18.1. The summed E-state index contributed by atoms with van der Waals surface area (Å²) in [5, 5.41) is 3.22. The Labute approximate surface area is 151 Å². The summed E-state index contributed by atoms with van der Waals surface area (Å²) in [5.74, 6) is 0. The van der Waals surface area contributed by atoms with Crippen LogP contribution in [0.3, 0.4) is 0 Å². The standard InChI is InChI=1S/C16H22N2O2.C4H9N/c1-2-20-16(19)18-10-7-13-11-15(6-5-14(13)12-18)17-8-3-4-9-17;1-2-4-5-3-1/h5-6,11H,2-4,7-10,12H2,1H3;5H,1-4H2. The molecule has 3 aliphatic heterocycles. The van der Waals surface area contributed by atoms with Crippen LogP contribution < -0.4 is 10.2 Å². The molecule has 2 saturated heterocycles. The Morgan fingerprint density at radius 2 is 1.84 bits per heavy atom. The first-order chi connectivity index (χ1) is 12.3. The summed E-state index contributed by atoms with van der Waals surface area (Å²) in [4.78, 5) is 16.0. The molecule has 3 heterocycles. The topological polar surface area (TPSA) is 44.8 Å². The van der Waals surface area contributed by atoms with E-state index in [0.717, 1.165) is 13.0 Å². The summed E-state index contributed by atoms with van der Waals surface area (Å²) >= 11 is 0. The van der Waals surface area contributed by atoms with Gasteiger partial charge in [0.1, 0.15) is 0 Å². The second kappa shape index (κ2) is 9.09. The predicted octanol–water partition coefficient (Wildman–Crippen LogP) is 3.17. The lowest BCUT2D eigenvalue weighted by atomic mass is 9.99. The normalized spacial score (nSPS) is 19.2. The van der Waals surface area contributed by atoms with Gasteiger partial charge in [0, 0.05) is 31.9 Å². The summed E-state index contributed by atoms with van der Waals surface area (Å²) in [7, 11) is 0. The van der Waals surface area contributed by atoms with Gasteiger partial charge >= 0.3 is 6.09 Å². The molecule has 1 N–H and O–H groups in total. The largest absolute Gasteiger partial charge is 0.450 e. The van der Waals surface area contributed by atoms with Gasteiger partial charge < -0.3 is 19.9 Å². The van der Waals surface area contributed by atoms with E-state index >= 15 is 0 Å². The van der Waals surface area contributed by atoms with Crippen molar-refractivity contribution in [3.8, 4) is 0 Å². The minimum atomic E-state index is -0.193. The highest BCUT2D eigenvalue weighted by Crippen LogP contribution is 2.27. The molecule has 138 valence electrons. The van der Waals surface area contributed by atoms with Gasteiger partial charge in [-0.3, -0.25) is 0 Å². The van der Waals surface area contributed by atoms with Gasteiger partial charge in [-0.25, -0.2) is 4.79 Å². The molecule has 0 unspecified atom stereocenters. The summed E-state index contributed by atoms with van der Waals surface area (Å²) in [6.07, 6.45) is 6.11. The smallest absolute Gasteiger partial charge is 0.410 e. The fraction of sp³-hybridized carbons (Fsp3) is 0.650. The Hall–Kier alpha value is -1.75. The second-order valence-electron chi connectivity index (χ2n) is 6.97. The van der Waals surface area contributed by atoms with Gasteiger partial charge in [-0.05, 0) is 75.4 Å². The van der Waals surface area contributed by atoms with Crippen LogP contribution >= 0.6 is 0 Å². The lowest BCUT2D eigenvalue weighted by Crippen LogP contribution is -2.36. The number of nitrogens with one attached hydrogen (secondary N) is 1. The molecule has 25 heavy (non-hydrogen) atoms. The summed E-state index contributed by atoms with van der Waals surface area (Å²) in [6.45, 7) is 8.57. The molecule has 2 fully saturated rings. The van der Waals surface area contributed by atoms with E-state index < -0.39 is 0 Å². The molecule has 1 aromatic carbocycles. The third-order valence-corrected chi connectivity index (χ3v) is 5.16.